The molecular formula is C18H20ClNO2. The topological polar surface area (TPSA) is 38.3 Å². The Hall–Kier alpha value is -2.00. The van der Waals surface area contributed by atoms with Crippen molar-refractivity contribution >= 4 is 17.5 Å². The fraction of sp³-hybridized carbons (Fsp3) is 0.278. The monoisotopic (exact) mass is 317 g/mol. The Kier molecular flexibility index (Phi) is 5.45. The Morgan fingerprint density at radius 3 is 2.59 bits per heavy atom. The van der Waals surface area contributed by atoms with Gasteiger partial charge >= 0.3 is 0 Å². The number of amides is 1. The number of benzene rings is 2. The molecule has 4 heteroatoms. The minimum absolute atomic E-state index is 0.0166. The average Bonchev–Trinajstić information content (AvgIpc) is 2.49. The second-order valence-electron chi connectivity index (χ2n) is 5.35. The normalized spacial score (nSPS) is 11.8. The number of hydrogen-bond acceptors (Lipinski definition) is 2. The largest absolute Gasteiger partial charge is 0.484 e. The van der Waals surface area contributed by atoms with Crippen LogP contribution in [0.5, 0.6) is 5.75 Å². The zero-order chi connectivity index (χ0) is 16.1. The van der Waals surface area contributed by atoms with Gasteiger partial charge in [0.1, 0.15) is 5.75 Å². The number of halogens is 1. The van der Waals surface area contributed by atoms with E-state index in [9.17, 15) is 4.79 Å². The van der Waals surface area contributed by atoms with E-state index >= 15 is 0 Å². The smallest absolute Gasteiger partial charge is 0.258 e. The summed E-state index contributed by atoms with van der Waals surface area (Å²) < 4.78 is 5.53. The molecular weight excluding hydrogens is 298 g/mol. The third kappa shape index (κ3) is 4.25. The molecule has 2 aromatic carbocycles. The summed E-state index contributed by atoms with van der Waals surface area (Å²) in [4.78, 5) is 12.0. The maximum atomic E-state index is 12.0. The van der Waals surface area contributed by atoms with E-state index in [0.717, 1.165) is 11.1 Å². The van der Waals surface area contributed by atoms with Gasteiger partial charge in [0.15, 0.2) is 6.61 Å². The summed E-state index contributed by atoms with van der Waals surface area (Å²) in [6.45, 7) is 5.94. The van der Waals surface area contributed by atoms with Crippen LogP contribution in [-0.4, -0.2) is 12.5 Å². The van der Waals surface area contributed by atoms with Gasteiger partial charge in [-0.2, -0.15) is 0 Å². The van der Waals surface area contributed by atoms with Crippen LogP contribution in [0.15, 0.2) is 42.5 Å². The molecule has 0 saturated carbocycles. The molecule has 0 aliphatic rings. The Morgan fingerprint density at radius 1 is 1.18 bits per heavy atom. The lowest BCUT2D eigenvalue weighted by molar-refractivity contribution is -0.123. The highest BCUT2D eigenvalue weighted by Gasteiger charge is 2.12. The summed E-state index contributed by atoms with van der Waals surface area (Å²) in [7, 11) is 0. The van der Waals surface area contributed by atoms with Crippen LogP contribution in [0.4, 0.5) is 0 Å². The molecule has 1 atom stereocenters. The van der Waals surface area contributed by atoms with E-state index in [2.05, 4.69) is 5.32 Å². The molecule has 1 amide bonds. The van der Waals surface area contributed by atoms with Crippen LogP contribution in [0.2, 0.25) is 5.02 Å². The van der Waals surface area contributed by atoms with Gasteiger partial charge in [-0.3, -0.25) is 4.79 Å². The highest BCUT2D eigenvalue weighted by atomic mass is 35.5. The van der Waals surface area contributed by atoms with Crippen molar-refractivity contribution in [2.45, 2.75) is 26.8 Å². The van der Waals surface area contributed by atoms with Crippen LogP contribution < -0.4 is 10.1 Å². The standard InChI is InChI=1S/C18H20ClNO2/c1-12-8-9-15(10-13(12)2)22-11-18(21)20-14(3)16-6-4-5-7-17(16)19/h4-10,14H,11H2,1-3H3,(H,20,21). The Labute approximate surface area is 136 Å². The summed E-state index contributed by atoms with van der Waals surface area (Å²) in [5, 5.41) is 3.53. The van der Waals surface area contributed by atoms with Gasteiger partial charge in [0, 0.05) is 5.02 Å². The molecule has 0 aromatic heterocycles. The Morgan fingerprint density at radius 2 is 1.91 bits per heavy atom. The highest BCUT2D eigenvalue weighted by molar-refractivity contribution is 6.31. The molecule has 116 valence electrons. The third-order valence-corrected chi connectivity index (χ3v) is 3.94. The number of nitrogens with one attached hydrogen (secondary N) is 1. The van der Waals surface area contributed by atoms with Crippen LogP contribution in [0, 0.1) is 13.8 Å². The molecule has 1 N–H and O–H groups in total. The Bertz CT molecular complexity index is 670. The molecule has 0 aliphatic heterocycles. The van der Waals surface area contributed by atoms with Crippen molar-refractivity contribution in [2.75, 3.05) is 6.61 Å². The van der Waals surface area contributed by atoms with Crippen molar-refractivity contribution in [1.29, 1.82) is 0 Å². The predicted octanol–water partition coefficient (Wildman–Crippen LogP) is 4.21. The maximum Gasteiger partial charge on any atom is 0.258 e. The summed E-state index contributed by atoms with van der Waals surface area (Å²) in [5.74, 6) is 0.522. The molecule has 2 aromatic rings. The molecule has 0 saturated heterocycles. The Balaban J connectivity index is 1.90. The number of carbonyl (C=O) groups is 1. The van der Waals surface area contributed by atoms with Gasteiger partial charge in [0.2, 0.25) is 0 Å². The van der Waals surface area contributed by atoms with Gasteiger partial charge in [0.25, 0.3) is 5.91 Å². The van der Waals surface area contributed by atoms with Gasteiger partial charge < -0.3 is 10.1 Å². The molecule has 1 unspecified atom stereocenters. The predicted molar refractivity (Wildman–Crippen MR) is 89.4 cm³/mol. The average molecular weight is 318 g/mol. The summed E-state index contributed by atoms with van der Waals surface area (Å²) in [6.07, 6.45) is 0. The second-order valence-corrected chi connectivity index (χ2v) is 5.75. The molecule has 0 spiro atoms. The first-order chi connectivity index (χ1) is 10.5. The first-order valence-electron chi connectivity index (χ1n) is 7.21. The van der Waals surface area contributed by atoms with Crippen molar-refractivity contribution in [3.8, 4) is 5.75 Å². The SMILES string of the molecule is Cc1ccc(OCC(=O)NC(C)c2ccccc2Cl)cc1C. The van der Waals surface area contributed by atoms with Crippen molar-refractivity contribution in [1.82, 2.24) is 5.32 Å². The van der Waals surface area contributed by atoms with E-state index < -0.39 is 0 Å². The van der Waals surface area contributed by atoms with E-state index in [1.54, 1.807) is 0 Å². The third-order valence-electron chi connectivity index (χ3n) is 3.60. The molecule has 0 heterocycles. The summed E-state index contributed by atoms with van der Waals surface area (Å²) >= 11 is 6.13. The van der Waals surface area contributed by atoms with Gasteiger partial charge in [0.05, 0.1) is 6.04 Å². The van der Waals surface area contributed by atoms with Crippen LogP contribution in [0.25, 0.3) is 0 Å². The van der Waals surface area contributed by atoms with Crippen molar-refractivity contribution < 1.29 is 9.53 Å². The van der Waals surface area contributed by atoms with Crippen LogP contribution in [0.1, 0.15) is 29.7 Å². The zero-order valence-corrected chi connectivity index (χ0v) is 13.8. The van der Waals surface area contributed by atoms with Crippen LogP contribution in [0.3, 0.4) is 0 Å². The molecule has 2 rings (SSSR count). The second kappa shape index (κ2) is 7.32. The van der Waals surface area contributed by atoms with E-state index in [1.807, 2.05) is 63.2 Å². The number of ether oxygens (including phenoxy) is 1. The summed E-state index contributed by atoms with van der Waals surface area (Å²) in [5.41, 5.74) is 3.23. The summed E-state index contributed by atoms with van der Waals surface area (Å²) in [6, 6.07) is 13.1. The lowest BCUT2D eigenvalue weighted by atomic mass is 10.1. The zero-order valence-electron chi connectivity index (χ0n) is 13.0. The van der Waals surface area contributed by atoms with Gasteiger partial charge in [-0.25, -0.2) is 0 Å². The van der Waals surface area contributed by atoms with E-state index in [4.69, 9.17) is 16.3 Å². The molecule has 0 radical (unpaired) electrons. The van der Waals surface area contributed by atoms with E-state index in [-0.39, 0.29) is 18.6 Å². The fourth-order valence-electron chi connectivity index (χ4n) is 2.14. The lowest BCUT2D eigenvalue weighted by Gasteiger charge is -2.16. The van der Waals surface area contributed by atoms with Gasteiger partial charge in [-0.05, 0) is 55.7 Å². The van der Waals surface area contributed by atoms with Crippen molar-refractivity contribution in [3.63, 3.8) is 0 Å². The number of carbonyl (C=O) groups excluding carboxylic acids is 1. The van der Waals surface area contributed by atoms with E-state index in [0.29, 0.717) is 10.8 Å². The van der Waals surface area contributed by atoms with Gasteiger partial charge in [-0.15, -0.1) is 0 Å². The molecule has 0 fully saturated rings. The molecule has 22 heavy (non-hydrogen) atoms. The molecule has 0 aliphatic carbocycles. The quantitative estimate of drug-likeness (QED) is 0.897. The van der Waals surface area contributed by atoms with Crippen LogP contribution in [-0.2, 0) is 4.79 Å². The minimum atomic E-state index is -0.175. The minimum Gasteiger partial charge on any atom is -0.484 e. The lowest BCUT2D eigenvalue weighted by Crippen LogP contribution is -2.31. The first kappa shape index (κ1) is 16.4. The highest BCUT2D eigenvalue weighted by Crippen LogP contribution is 2.22. The molecule has 3 nitrogen and oxygen atoms in total. The van der Waals surface area contributed by atoms with Crippen molar-refractivity contribution in [3.05, 3.63) is 64.2 Å². The number of aryl methyl sites for hydroxylation is 2. The van der Waals surface area contributed by atoms with Crippen molar-refractivity contribution in [2.24, 2.45) is 0 Å². The first-order valence-corrected chi connectivity index (χ1v) is 7.59. The van der Waals surface area contributed by atoms with Gasteiger partial charge in [-0.1, -0.05) is 35.9 Å². The van der Waals surface area contributed by atoms with E-state index in [1.165, 1.54) is 5.56 Å². The maximum absolute atomic E-state index is 12.0. The fourth-order valence-corrected chi connectivity index (χ4v) is 2.44. The molecule has 0 bridgehead atoms. The number of hydrogen-bond donors (Lipinski definition) is 1. The number of rotatable bonds is 5. The van der Waals surface area contributed by atoms with Crippen LogP contribution >= 0.6 is 11.6 Å².